The Morgan fingerprint density at radius 3 is 2.38 bits per heavy atom. The number of rotatable bonds is 5. The van der Waals surface area contributed by atoms with Gasteiger partial charge in [-0.15, -0.1) is 0 Å². The fraction of sp³-hybridized carbons (Fsp3) is 0.222. The third-order valence-electron chi connectivity index (χ3n) is 4.49. The van der Waals surface area contributed by atoms with E-state index in [0.29, 0.717) is 30.6 Å². The van der Waals surface area contributed by atoms with Gasteiger partial charge in [-0.3, -0.25) is 25.0 Å². The fourth-order valence-corrected chi connectivity index (χ4v) is 3.09. The van der Waals surface area contributed by atoms with Gasteiger partial charge in [0, 0.05) is 36.5 Å². The number of nitro groups is 2. The molecule has 3 rings (SSSR count). The highest BCUT2D eigenvalue weighted by atomic mass is 16.6. The Balaban J connectivity index is 1.70. The molecule has 0 radical (unpaired) electrons. The Kier molecular flexibility index (Phi) is 5.39. The van der Waals surface area contributed by atoms with E-state index in [1.807, 2.05) is 0 Å². The zero-order chi connectivity index (χ0) is 21.1. The molecule has 0 saturated heterocycles. The number of nitrogens with two attached hydrogens (primary N) is 1. The molecule has 150 valence electrons. The third kappa shape index (κ3) is 4.13. The van der Waals surface area contributed by atoms with Gasteiger partial charge in [0.15, 0.2) is 6.61 Å². The van der Waals surface area contributed by atoms with Crippen molar-refractivity contribution in [3.63, 3.8) is 0 Å². The van der Waals surface area contributed by atoms with Gasteiger partial charge in [0.1, 0.15) is 0 Å². The van der Waals surface area contributed by atoms with Gasteiger partial charge in [0.25, 0.3) is 17.3 Å². The van der Waals surface area contributed by atoms with Gasteiger partial charge in [-0.05, 0) is 30.5 Å². The summed E-state index contributed by atoms with van der Waals surface area (Å²) in [6.07, 6.45) is 1.21. The van der Waals surface area contributed by atoms with Gasteiger partial charge in [-0.25, -0.2) is 4.79 Å². The molecule has 29 heavy (non-hydrogen) atoms. The Morgan fingerprint density at radius 2 is 1.72 bits per heavy atom. The first kappa shape index (κ1) is 19.7. The number of anilines is 2. The van der Waals surface area contributed by atoms with Crippen LogP contribution in [0.5, 0.6) is 0 Å². The Bertz CT molecular complexity index is 1020. The van der Waals surface area contributed by atoms with Crippen molar-refractivity contribution in [3.05, 3.63) is 67.8 Å². The van der Waals surface area contributed by atoms with E-state index in [0.717, 1.165) is 18.2 Å². The Hall–Kier alpha value is -4.02. The normalized spacial score (nSPS) is 12.8. The summed E-state index contributed by atoms with van der Waals surface area (Å²) in [6, 6.07) is 7.55. The molecule has 0 saturated carbocycles. The van der Waals surface area contributed by atoms with Crippen LogP contribution in [-0.4, -0.2) is 34.9 Å². The summed E-state index contributed by atoms with van der Waals surface area (Å²) in [5.74, 6) is -1.37. The minimum Gasteiger partial charge on any atom is -0.452 e. The first-order valence-corrected chi connectivity index (χ1v) is 8.56. The van der Waals surface area contributed by atoms with Crippen LogP contribution in [-0.2, 0) is 16.0 Å². The lowest BCUT2D eigenvalue weighted by molar-refractivity contribution is -0.385. The predicted octanol–water partition coefficient (Wildman–Crippen LogP) is 2.22. The zero-order valence-electron chi connectivity index (χ0n) is 15.1. The fourth-order valence-electron chi connectivity index (χ4n) is 3.09. The molecule has 0 aliphatic carbocycles. The number of nitro benzene ring substituents is 2. The molecule has 0 aromatic heterocycles. The molecule has 1 heterocycles. The molecule has 2 aromatic carbocycles. The third-order valence-corrected chi connectivity index (χ3v) is 4.49. The molecule has 0 atom stereocenters. The maximum Gasteiger partial charge on any atom is 0.340 e. The lowest BCUT2D eigenvalue weighted by Gasteiger charge is -2.29. The molecule has 1 aliphatic heterocycles. The number of fused-ring (bicyclic) bond motifs is 1. The second-order valence-corrected chi connectivity index (χ2v) is 6.32. The molecule has 0 bridgehead atoms. The topological polar surface area (TPSA) is 159 Å². The van der Waals surface area contributed by atoms with Gasteiger partial charge in [-0.1, -0.05) is 0 Å². The van der Waals surface area contributed by atoms with Crippen LogP contribution in [0.4, 0.5) is 22.7 Å². The number of carbonyl (C=O) groups is 2. The van der Waals surface area contributed by atoms with Crippen LogP contribution in [0.2, 0.25) is 0 Å². The molecule has 1 aliphatic rings. The van der Waals surface area contributed by atoms with Crippen molar-refractivity contribution in [1.29, 1.82) is 0 Å². The summed E-state index contributed by atoms with van der Waals surface area (Å²) >= 11 is 0. The second kappa shape index (κ2) is 7.92. The maximum absolute atomic E-state index is 12.5. The number of non-ortho nitro benzene ring substituents is 2. The van der Waals surface area contributed by atoms with E-state index in [2.05, 4.69) is 0 Å². The Morgan fingerprint density at radius 1 is 1.07 bits per heavy atom. The van der Waals surface area contributed by atoms with Gasteiger partial charge in [0.2, 0.25) is 0 Å². The van der Waals surface area contributed by atoms with E-state index < -0.39 is 28.3 Å². The highest BCUT2D eigenvalue weighted by Crippen LogP contribution is 2.30. The molecular formula is C18H16N4O7. The van der Waals surface area contributed by atoms with E-state index in [9.17, 15) is 29.8 Å². The van der Waals surface area contributed by atoms with Crippen molar-refractivity contribution in [2.45, 2.75) is 12.8 Å². The highest BCUT2D eigenvalue weighted by molar-refractivity contribution is 6.00. The van der Waals surface area contributed by atoms with E-state index in [1.54, 1.807) is 0 Å². The van der Waals surface area contributed by atoms with Crippen LogP contribution < -0.4 is 10.6 Å². The van der Waals surface area contributed by atoms with E-state index >= 15 is 0 Å². The molecular weight excluding hydrogens is 384 g/mol. The van der Waals surface area contributed by atoms with Crippen LogP contribution in [0, 0.1) is 20.2 Å². The van der Waals surface area contributed by atoms with Crippen LogP contribution >= 0.6 is 0 Å². The largest absolute Gasteiger partial charge is 0.452 e. The minimum absolute atomic E-state index is 0.0573. The van der Waals surface area contributed by atoms with Gasteiger partial charge >= 0.3 is 5.97 Å². The number of nitrogens with zero attached hydrogens (tertiary/aromatic N) is 3. The quantitative estimate of drug-likeness (QED) is 0.346. The molecule has 0 spiro atoms. The molecule has 2 aromatic rings. The standard InChI is InChI=1S/C18H16N4O7/c19-15-9-13(22(27)28)3-5-14(15)18(24)29-10-17(23)20-7-1-2-11-8-12(21(25)26)4-6-16(11)20/h3-6,8-9H,1-2,7,10,19H2. The molecule has 11 nitrogen and oxygen atoms in total. The monoisotopic (exact) mass is 400 g/mol. The highest BCUT2D eigenvalue weighted by Gasteiger charge is 2.25. The Labute approximate surface area is 164 Å². The number of nitrogen functional groups attached to an aromatic ring is 1. The number of aryl methyl sites for hydroxylation is 1. The maximum atomic E-state index is 12.5. The first-order chi connectivity index (χ1) is 13.8. The lowest BCUT2D eigenvalue weighted by atomic mass is 10.0. The number of hydrogen-bond acceptors (Lipinski definition) is 8. The summed E-state index contributed by atoms with van der Waals surface area (Å²) in [6.45, 7) is -0.174. The van der Waals surface area contributed by atoms with E-state index in [4.69, 9.17) is 10.5 Å². The summed E-state index contributed by atoms with van der Waals surface area (Å²) in [5.41, 5.74) is 6.32. The number of benzene rings is 2. The van der Waals surface area contributed by atoms with Crippen molar-refractivity contribution in [2.75, 3.05) is 23.8 Å². The summed E-state index contributed by atoms with van der Waals surface area (Å²) in [5, 5.41) is 21.6. The smallest absolute Gasteiger partial charge is 0.340 e. The summed E-state index contributed by atoms with van der Waals surface area (Å²) < 4.78 is 5.01. The number of hydrogen-bond donors (Lipinski definition) is 1. The van der Waals surface area contributed by atoms with Gasteiger partial charge in [-0.2, -0.15) is 0 Å². The average Bonchev–Trinajstić information content (AvgIpc) is 2.70. The SMILES string of the molecule is Nc1cc([N+](=O)[O-])ccc1C(=O)OCC(=O)N1CCCc2cc([N+](=O)[O-])ccc21. The van der Waals surface area contributed by atoms with Gasteiger partial charge in [0.05, 0.1) is 21.1 Å². The van der Waals surface area contributed by atoms with Crippen LogP contribution in [0.15, 0.2) is 36.4 Å². The van der Waals surface area contributed by atoms with Crippen LogP contribution in [0.3, 0.4) is 0 Å². The molecule has 0 fully saturated rings. The van der Waals surface area contributed by atoms with E-state index in [1.165, 1.54) is 23.1 Å². The first-order valence-electron chi connectivity index (χ1n) is 8.56. The molecule has 0 unspecified atom stereocenters. The summed E-state index contributed by atoms with van der Waals surface area (Å²) in [7, 11) is 0. The lowest BCUT2D eigenvalue weighted by Crippen LogP contribution is -2.38. The van der Waals surface area contributed by atoms with Crippen molar-refractivity contribution in [1.82, 2.24) is 0 Å². The van der Waals surface area contributed by atoms with Crippen LogP contribution in [0.1, 0.15) is 22.3 Å². The second-order valence-electron chi connectivity index (χ2n) is 6.32. The van der Waals surface area contributed by atoms with Crippen molar-refractivity contribution < 1.29 is 24.2 Å². The van der Waals surface area contributed by atoms with Crippen molar-refractivity contribution in [3.8, 4) is 0 Å². The number of amides is 1. The average molecular weight is 400 g/mol. The van der Waals surface area contributed by atoms with Crippen molar-refractivity contribution in [2.24, 2.45) is 0 Å². The molecule has 2 N–H and O–H groups in total. The molecule has 11 heteroatoms. The van der Waals surface area contributed by atoms with Gasteiger partial charge < -0.3 is 15.4 Å². The number of esters is 1. The predicted molar refractivity (Wildman–Crippen MR) is 102 cm³/mol. The number of ether oxygens (including phenoxy) is 1. The molecule has 1 amide bonds. The van der Waals surface area contributed by atoms with E-state index in [-0.39, 0.29) is 22.6 Å². The number of carbonyl (C=O) groups excluding carboxylic acids is 2. The summed E-state index contributed by atoms with van der Waals surface area (Å²) in [4.78, 5) is 46.6. The van der Waals surface area contributed by atoms with Crippen molar-refractivity contribution >= 4 is 34.6 Å². The zero-order valence-corrected chi connectivity index (χ0v) is 15.1. The minimum atomic E-state index is -0.883. The van der Waals surface area contributed by atoms with Crippen LogP contribution in [0.25, 0.3) is 0 Å².